The van der Waals surface area contributed by atoms with Crippen molar-refractivity contribution in [3.8, 4) is 5.75 Å². The van der Waals surface area contributed by atoms with Crippen molar-refractivity contribution in [2.24, 2.45) is 0 Å². The molecule has 1 aliphatic heterocycles. The summed E-state index contributed by atoms with van der Waals surface area (Å²) in [6.07, 6.45) is 2.42. The molecular weight excluding hydrogens is 410 g/mol. The number of halogens is 1. The number of unbranched alkanes of at least 4 members (excludes halogenated alkanes) is 1. The number of benzene rings is 2. The van der Waals surface area contributed by atoms with Crippen LogP contribution in [0.4, 0.5) is 0 Å². The standard InChI is InChI=1S/C22H26ClNO4S/c1-2-3-11-28-21-9-5-7-18(14-21)22(25)24(20-10-12-29(26,27)16-20)15-17-6-4-8-19(23)13-17/h4-9,13-14,20H,2-3,10-12,15-16H2,1H3/t20-/m0/s1. The number of ether oxygens (including phenoxy) is 1. The summed E-state index contributed by atoms with van der Waals surface area (Å²) in [6.45, 7) is 2.99. The van der Waals surface area contributed by atoms with Gasteiger partial charge >= 0.3 is 0 Å². The molecule has 1 saturated heterocycles. The number of nitrogens with zero attached hydrogens (tertiary/aromatic N) is 1. The maximum Gasteiger partial charge on any atom is 0.254 e. The van der Waals surface area contributed by atoms with Gasteiger partial charge < -0.3 is 9.64 Å². The Morgan fingerprint density at radius 2 is 2.00 bits per heavy atom. The summed E-state index contributed by atoms with van der Waals surface area (Å²) in [7, 11) is -3.12. The number of carbonyl (C=O) groups excluding carboxylic acids is 1. The van der Waals surface area contributed by atoms with Crippen LogP contribution in [0.3, 0.4) is 0 Å². The number of hydrogen-bond donors (Lipinski definition) is 0. The van der Waals surface area contributed by atoms with Crippen LogP contribution in [0.25, 0.3) is 0 Å². The second-order valence-corrected chi connectivity index (χ2v) is 10.0. The Bertz CT molecular complexity index is 961. The monoisotopic (exact) mass is 435 g/mol. The summed E-state index contributed by atoms with van der Waals surface area (Å²) < 4.78 is 29.8. The van der Waals surface area contributed by atoms with E-state index in [1.807, 2.05) is 18.2 Å². The third kappa shape index (κ3) is 5.97. The van der Waals surface area contributed by atoms with Gasteiger partial charge in [0.2, 0.25) is 0 Å². The average Bonchev–Trinajstić information content (AvgIpc) is 3.05. The Balaban J connectivity index is 1.85. The molecular formula is C22H26ClNO4S. The van der Waals surface area contributed by atoms with Crippen LogP contribution < -0.4 is 4.74 Å². The van der Waals surface area contributed by atoms with E-state index in [0.717, 1.165) is 18.4 Å². The Kier molecular flexibility index (Phi) is 7.19. The summed E-state index contributed by atoms with van der Waals surface area (Å²) >= 11 is 6.10. The van der Waals surface area contributed by atoms with E-state index >= 15 is 0 Å². The maximum atomic E-state index is 13.4. The third-order valence-corrected chi connectivity index (χ3v) is 6.99. The first-order valence-electron chi connectivity index (χ1n) is 9.86. The van der Waals surface area contributed by atoms with E-state index in [-0.39, 0.29) is 23.5 Å². The topological polar surface area (TPSA) is 63.7 Å². The van der Waals surface area contributed by atoms with Gasteiger partial charge in [0.05, 0.1) is 18.1 Å². The summed E-state index contributed by atoms with van der Waals surface area (Å²) in [5, 5.41) is 0.584. The molecule has 1 amide bonds. The SMILES string of the molecule is CCCCOc1cccc(C(=O)N(Cc2cccc(Cl)c2)[C@H]2CCS(=O)(=O)C2)c1. The van der Waals surface area contributed by atoms with E-state index in [4.69, 9.17) is 16.3 Å². The lowest BCUT2D eigenvalue weighted by molar-refractivity contribution is 0.0680. The summed E-state index contributed by atoms with van der Waals surface area (Å²) in [4.78, 5) is 15.0. The van der Waals surface area contributed by atoms with Crippen LogP contribution in [-0.4, -0.2) is 43.4 Å². The van der Waals surface area contributed by atoms with Gasteiger partial charge in [0.15, 0.2) is 9.84 Å². The number of carbonyl (C=O) groups is 1. The van der Waals surface area contributed by atoms with Crippen molar-refractivity contribution in [1.29, 1.82) is 0 Å². The average molecular weight is 436 g/mol. The van der Waals surface area contributed by atoms with Gasteiger partial charge in [0.25, 0.3) is 5.91 Å². The van der Waals surface area contributed by atoms with Gasteiger partial charge in [-0.1, -0.05) is 43.1 Å². The van der Waals surface area contributed by atoms with Crippen LogP contribution in [0.5, 0.6) is 5.75 Å². The first kappa shape index (κ1) is 21.7. The number of amides is 1. The first-order chi connectivity index (χ1) is 13.9. The van der Waals surface area contributed by atoms with Gasteiger partial charge in [-0.3, -0.25) is 4.79 Å². The van der Waals surface area contributed by atoms with E-state index in [0.29, 0.717) is 35.9 Å². The van der Waals surface area contributed by atoms with Gasteiger partial charge in [-0.2, -0.15) is 0 Å². The minimum Gasteiger partial charge on any atom is -0.494 e. The van der Waals surface area contributed by atoms with Crippen molar-refractivity contribution in [2.75, 3.05) is 18.1 Å². The molecule has 0 N–H and O–H groups in total. The second kappa shape index (κ2) is 9.63. The van der Waals surface area contributed by atoms with Crippen LogP contribution in [0, 0.1) is 0 Å². The summed E-state index contributed by atoms with van der Waals surface area (Å²) in [6, 6.07) is 14.0. The van der Waals surface area contributed by atoms with Gasteiger partial charge in [0, 0.05) is 23.2 Å². The van der Waals surface area contributed by atoms with Gasteiger partial charge in [0.1, 0.15) is 5.75 Å². The van der Waals surface area contributed by atoms with E-state index < -0.39 is 9.84 Å². The molecule has 0 aromatic heterocycles. The Labute approximate surface area is 177 Å². The third-order valence-electron chi connectivity index (χ3n) is 5.00. The highest BCUT2D eigenvalue weighted by atomic mass is 35.5. The van der Waals surface area contributed by atoms with Crippen molar-refractivity contribution >= 4 is 27.3 Å². The fourth-order valence-corrected chi connectivity index (χ4v) is 5.38. The van der Waals surface area contributed by atoms with E-state index in [2.05, 4.69) is 6.92 Å². The highest BCUT2D eigenvalue weighted by Crippen LogP contribution is 2.24. The first-order valence-corrected chi connectivity index (χ1v) is 12.1. The molecule has 0 aliphatic carbocycles. The maximum absolute atomic E-state index is 13.4. The van der Waals surface area contributed by atoms with Crippen molar-refractivity contribution in [2.45, 2.75) is 38.8 Å². The zero-order chi connectivity index (χ0) is 20.9. The minimum atomic E-state index is -3.12. The van der Waals surface area contributed by atoms with Crippen LogP contribution in [0.15, 0.2) is 48.5 Å². The molecule has 1 aliphatic rings. The molecule has 7 heteroatoms. The van der Waals surface area contributed by atoms with Gasteiger partial charge in [-0.15, -0.1) is 0 Å². The molecule has 5 nitrogen and oxygen atoms in total. The molecule has 0 radical (unpaired) electrons. The largest absolute Gasteiger partial charge is 0.494 e. The fraction of sp³-hybridized carbons (Fsp3) is 0.409. The predicted octanol–water partition coefficient (Wildman–Crippen LogP) is 4.35. The van der Waals surface area contributed by atoms with Crippen molar-refractivity contribution < 1.29 is 17.9 Å². The zero-order valence-electron chi connectivity index (χ0n) is 16.5. The molecule has 0 spiro atoms. The lowest BCUT2D eigenvalue weighted by atomic mass is 10.1. The smallest absolute Gasteiger partial charge is 0.254 e. The summed E-state index contributed by atoms with van der Waals surface area (Å²) in [5.74, 6) is 0.544. The van der Waals surface area contributed by atoms with Crippen molar-refractivity contribution in [1.82, 2.24) is 4.90 Å². The molecule has 2 aromatic carbocycles. The highest BCUT2D eigenvalue weighted by molar-refractivity contribution is 7.91. The fourth-order valence-electron chi connectivity index (χ4n) is 3.44. The number of hydrogen-bond acceptors (Lipinski definition) is 4. The van der Waals surface area contributed by atoms with Gasteiger partial charge in [-0.05, 0) is 48.7 Å². The van der Waals surface area contributed by atoms with E-state index in [9.17, 15) is 13.2 Å². The highest BCUT2D eigenvalue weighted by Gasteiger charge is 2.35. The molecule has 1 heterocycles. The minimum absolute atomic E-state index is 0.00794. The normalized spacial score (nSPS) is 17.8. The quantitative estimate of drug-likeness (QED) is 0.578. The van der Waals surface area contributed by atoms with Gasteiger partial charge in [-0.25, -0.2) is 8.42 Å². The molecule has 2 aromatic rings. The van der Waals surface area contributed by atoms with Crippen LogP contribution in [0.1, 0.15) is 42.1 Å². The lowest BCUT2D eigenvalue weighted by Gasteiger charge is -2.29. The molecule has 29 heavy (non-hydrogen) atoms. The van der Waals surface area contributed by atoms with E-state index in [1.165, 1.54) is 0 Å². The molecule has 1 fully saturated rings. The molecule has 3 rings (SSSR count). The predicted molar refractivity (Wildman–Crippen MR) is 115 cm³/mol. The van der Waals surface area contributed by atoms with Crippen LogP contribution in [-0.2, 0) is 16.4 Å². The Hall–Kier alpha value is -2.05. The molecule has 0 bridgehead atoms. The lowest BCUT2D eigenvalue weighted by Crippen LogP contribution is -2.40. The molecule has 0 saturated carbocycles. The Morgan fingerprint density at radius 3 is 2.69 bits per heavy atom. The zero-order valence-corrected chi connectivity index (χ0v) is 18.1. The van der Waals surface area contributed by atoms with Crippen molar-refractivity contribution in [3.05, 3.63) is 64.7 Å². The molecule has 0 unspecified atom stereocenters. The second-order valence-electron chi connectivity index (χ2n) is 7.35. The van der Waals surface area contributed by atoms with Crippen LogP contribution >= 0.6 is 11.6 Å². The van der Waals surface area contributed by atoms with Crippen molar-refractivity contribution in [3.63, 3.8) is 0 Å². The number of rotatable bonds is 8. The Morgan fingerprint density at radius 1 is 1.21 bits per heavy atom. The van der Waals surface area contributed by atoms with E-state index in [1.54, 1.807) is 35.2 Å². The molecule has 156 valence electrons. The molecule has 1 atom stereocenters. The summed E-state index contributed by atoms with van der Waals surface area (Å²) in [5.41, 5.74) is 1.36. The van der Waals surface area contributed by atoms with Crippen LogP contribution in [0.2, 0.25) is 5.02 Å². The number of sulfone groups is 1.